The van der Waals surface area contributed by atoms with Gasteiger partial charge in [0, 0.05) is 17.0 Å². The second-order valence-electron chi connectivity index (χ2n) is 9.02. The lowest BCUT2D eigenvalue weighted by molar-refractivity contribution is -0.158. The van der Waals surface area contributed by atoms with Crippen LogP contribution in [0.25, 0.3) is 0 Å². The van der Waals surface area contributed by atoms with Crippen molar-refractivity contribution < 1.29 is 19.1 Å². The highest BCUT2D eigenvalue weighted by Gasteiger charge is 2.34. The first kappa shape index (κ1) is 23.9. The molecular formula is C23H35NO4. The van der Waals surface area contributed by atoms with Gasteiger partial charge in [-0.05, 0) is 26.3 Å². The molecule has 0 N–H and O–H groups in total. The minimum Gasteiger partial charge on any atom is -0.469 e. The average molecular weight is 390 g/mol. The van der Waals surface area contributed by atoms with Gasteiger partial charge in [0.1, 0.15) is 5.60 Å². The largest absolute Gasteiger partial charge is 0.469 e. The molecule has 2 unspecified atom stereocenters. The summed E-state index contributed by atoms with van der Waals surface area (Å²) in [5.74, 6) is -1.07. The molecular weight excluding hydrogens is 354 g/mol. The Morgan fingerprint density at radius 2 is 1.61 bits per heavy atom. The topological polar surface area (TPSA) is 65.0 Å². The van der Waals surface area contributed by atoms with E-state index in [0.717, 1.165) is 11.3 Å². The monoisotopic (exact) mass is 389 g/mol. The lowest BCUT2D eigenvalue weighted by atomic mass is 9.84. The molecule has 1 aromatic carbocycles. The minimum absolute atomic E-state index is 0.118. The van der Waals surface area contributed by atoms with Crippen molar-refractivity contribution in [1.29, 1.82) is 0 Å². The van der Waals surface area contributed by atoms with Crippen molar-refractivity contribution in [2.45, 2.75) is 73.0 Å². The molecule has 0 amide bonds. The summed E-state index contributed by atoms with van der Waals surface area (Å²) in [4.78, 5) is 29.9. The van der Waals surface area contributed by atoms with Gasteiger partial charge >= 0.3 is 11.9 Å². The highest BCUT2D eigenvalue weighted by molar-refractivity contribution is 6.05. The first-order valence-electron chi connectivity index (χ1n) is 9.82. The molecule has 0 aliphatic rings. The van der Waals surface area contributed by atoms with E-state index < -0.39 is 17.6 Å². The number of carbonyl (C=O) groups is 2. The van der Waals surface area contributed by atoms with E-state index in [-0.39, 0.29) is 23.7 Å². The zero-order chi connectivity index (χ0) is 21.5. The van der Waals surface area contributed by atoms with Crippen LogP contribution in [-0.2, 0) is 19.1 Å². The number of carbonyl (C=O) groups excluding carboxylic acids is 2. The summed E-state index contributed by atoms with van der Waals surface area (Å²) in [6.07, 6.45) is 0.724. The lowest BCUT2D eigenvalue weighted by Crippen LogP contribution is -2.38. The fourth-order valence-electron chi connectivity index (χ4n) is 2.93. The molecule has 0 bridgehead atoms. The van der Waals surface area contributed by atoms with Crippen LogP contribution < -0.4 is 0 Å². The van der Waals surface area contributed by atoms with Crippen LogP contribution in [0.15, 0.2) is 35.3 Å². The minimum atomic E-state index is -0.780. The van der Waals surface area contributed by atoms with E-state index in [2.05, 4.69) is 20.8 Å². The van der Waals surface area contributed by atoms with E-state index in [0.29, 0.717) is 6.42 Å². The van der Waals surface area contributed by atoms with Crippen LogP contribution in [0.2, 0.25) is 0 Å². The van der Waals surface area contributed by atoms with Crippen molar-refractivity contribution in [2.24, 2.45) is 16.3 Å². The van der Waals surface area contributed by atoms with Crippen molar-refractivity contribution in [2.75, 3.05) is 7.11 Å². The van der Waals surface area contributed by atoms with Gasteiger partial charge in [0.15, 0.2) is 6.04 Å². The molecule has 0 radical (unpaired) electrons. The molecule has 0 spiro atoms. The number of benzene rings is 1. The molecule has 0 aliphatic heterocycles. The van der Waals surface area contributed by atoms with Gasteiger partial charge in [0.25, 0.3) is 0 Å². The maximum absolute atomic E-state index is 13.0. The van der Waals surface area contributed by atoms with E-state index in [1.807, 2.05) is 58.0 Å². The van der Waals surface area contributed by atoms with E-state index in [9.17, 15) is 9.59 Å². The van der Waals surface area contributed by atoms with E-state index >= 15 is 0 Å². The number of hydrogen-bond acceptors (Lipinski definition) is 5. The fraction of sp³-hybridized carbons (Fsp3) is 0.609. The first-order chi connectivity index (χ1) is 12.9. The van der Waals surface area contributed by atoms with Gasteiger partial charge in [-0.15, -0.1) is 0 Å². The molecule has 28 heavy (non-hydrogen) atoms. The highest BCUT2D eigenvalue weighted by Crippen LogP contribution is 2.27. The second-order valence-corrected chi connectivity index (χ2v) is 9.02. The maximum Gasteiger partial charge on any atom is 0.331 e. The van der Waals surface area contributed by atoms with Gasteiger partial charge in [-0.25, -0.2) is 4.79 Å². The molecule has 1 rings (SSSR count). The van der Waals surface area contributed by atoms with Crippen LogP contribution in [0.1, 0.15) is 66.9 Å². The Kier molecular flexibility index (Phi) is 8.40. The molecule has 1 aromatic rings. The highest BCUT2D eigenvalue weighted by atomic mass is 16.6. The molecule has 0 aromatic heterocycles. The Bertz CT molecular complexity index is 681. The Labute approximate surface area is 169 Å². The molecule has 2 atom stereocenters. The van der Waals surface area contributed by atoms with Gasteiger partial charge < -0.3 is 9.47 Å². The number of nitrogens with zero attached hydrogens (tertiary/aromatic N) is 1. The SMILES string of the molecule is CCC(CC(=O)OC)C(N=C(c1ccccc1)C(C)(C)C)C(=O)OC(C)(C)C. The van der Waals surface area contributed by atoms with Gasteiger partial charge in [0.2, 0.25) is 0 Å². The molecule has 5 heteroatoms. The molecule has 0 saturated heterocycles. The zero-order valence-electron chi connectivity index (χ0n) is 18.5. The van der Waals surface area contributed by atoms with Gasteiger partial charge in [0.05, 0.1) is 13.5 Å². The van der Waals surface area contributed by atoms with Crippen LogP contribution in [0.5, 0.6) is 0 Å². The summed E-state index contributed by atoms with van der Waals surface area (Å²) in [6, 6.07) is 9.03. The summed E-state index contributed by atoms with van der Waals surface area (Å²) in [5, 5.41) is 0. The third-order valence-corrected chi connectivity index (χ3v) is 4.30. The van der Waals surface area contributed by atoms with Crippen molar-refractivity contribution in [3.63, 3.8) is 0 Å². The van der Waals surface area contributed by atoms with Crippen LogP contribution >= 0.6 is 0 Å². The Morgan fingerprint density at radius 3 is 2.04 bits per heavy atom. The maximum atomic E-state index is 13.0. The number of hydrogen-bond donors (Lipinski definition) is 0. The van der Waals surface area contributed by atoms with Crippen LogP contribution in [-0.4, -0.2) is 36.4 Å². The lowest BCUT2D eigenvalue weighted by Gasteiger charge is -2.29. The Balaban J connectivity index is 3.47. The molecule has 0 fully saturated rings. The number of aliphatic imine (C=N–C) groups is 1. The van der Waals surface area contributed by atoms with Crippen molar-refractivity contribution in [3.8, 4) is 0 Å². The van der Waals surface area contributed by atoms with Crippen LogP contribution in [0.4, 0.5) is 0 Å². The van der Waals surface area contributed by atoms with E-state index in [1.54, 1.807) is 0 Å². The second kappa shape index (κ2) is 9.85. The molecule has 0 heterocycles. The summed E-state index contributed by atoms with van der Waals surface area (Å²) in [7, 11) is 1.35. The van der Waals surface area contributed by atoms with Crippen LogP contribution in [0.3, 0.4) is 0 Å². The first-order valence-corrected chi connectivity index (χ1v) is 9.82. The predicted molar refractivity (Wildman–Crippen MR) is 112 cm³/mol. The smallest absolute Gasteiger partial charge is 0.331 e. The number of rotatable bonds is 7. The van der Waals surface area contributed by atoms with Crippen molar-refractivity contribution in [3.05, 3.63) is 35.9 Å². The van der Waals surface area contributed by atoms with Gasteiger partial charge in [-0.2, -0.15) is 0 Å². The van der Waals surface area contributed by atoms with Crippen molar-refractivity contribution in [1.82, 2.24) is 0 Å². The van der Waals surface area contributed by atoms with Gasteiger partial charge in [-0.1, -0.05) is 64.4 Å². The molecule has 0 saturated carbocycles. The third-order valence-electron chi connectivity index (χ3n) is 4.30. The van der Waals surface area contributed by atoms with E-state index in [4.69, 9.17) is 14.5 Å². The number of methoxy groups -OCH3 is 1. The normalized spacial score (nSPS) is 14.9. The molecule has 156 valence electrons. The van der Waals surface area contributed by atoms with E-state index in [1.165, 1.54) is 7.11 Å². The summed E-state index contributed by atoms with van der Waals surface area (Å²) in [6.45, 7) is 13.6. The van der Waals surface area contributed by atoms with Gasteiger partial charge in [-0.3, -0.25) is 9.79 Å². The molecule has 0 aliphatic carbocycles. The zero-order valence-corrected chi connectivity index (χ0v) is 18.5. The predicted octanol–water partition coefficient (Wildman–Crippen LogP) is 4.82. The summed E-state index contributed by atoms with van der Waals surface area (Å²) >= 11 is 0. The third kappa shape index (κ3) is 7.45. The average Bonchev–Trinajstić information content (AvgIpc) is 2.58. The van der Waals surface area contributed by atoms with Crippen molar-refractivity contribution >= 4 is 17.7 Å². The molecule has 5 nitrogen and oxygen atoms in total. The summed E-state index contributed by atoms with van der Waals surface area (Å²) < 4.78 is 10.5. The van der Waals surface area contributed by atoms with Crippen LogP contribution in [0, 0.1) is 11.3 Å². The quantitative estimate of drug-likeness (QED) is 0.495. The number of esters is 2. The Hall–Kier alpha value is -2.17. The standard InChI is InChI=1S/C23H35NO4/c1-9-16(15-18(25)27-8)19(21(26)28-23(5,6)7)24-20(22(2,3)4)17-13-11-10-12-14-17/h10-14,16,19H,9,15H2,1-8H3. The Morgan fingerprint density at radius 1 is 1.04 bits per heavy atom. The number of ether oxygens (including phenoxy) is 2. The fourth-order valence-corrected chi connectivity index (χ4v) is 2.93. The summed E-state index contributed by atoms with van der Waals surface area (Å²) in [5.41, 5.74) is 0.845.